The molecular formula is C53H50F6N8O6. The number of hydrogen-bond acceptors (Lipinski definition) is 10. The van der Waals surface area contributed by atoms with E-state index in [9.17, 15) is 45.5 Å². The summed E-state index contributed by atoms with van der Waals surface area (Å²) in [7, 11) is 0. The predicted octanol–water partition coefficient (Wildman–Crippen LogP) is 8.76. The standard InChI is InChI=1S/C53H50F6N8O6/c1-27-4-8-32-40(20-27)72-41-21-28(2)5-9-33(41)44(32)62-48(68)36-24-38(46(52(54,55)56)64-50(36)70)61-31-12-16-66(17-13-31)26-30-7-11-35-43(23-30)73-42-22-29(3)6-10-34(42)45(35)63-49(69)37-25-39(67-18-14-60-15-19-67)47(53(57,58)59)65-51(37)71/h4-11,20-25,31,44-45,60-61H,12-19,26H2,1-3H3,(H,62,68)(H,63,69)(H,64,70)(H,65,71). The second-order valence-electron chi connectivity index (χ2n) is 19.0. The number of aromatic nitrogens is 2. The number of halogens is 6. The fourth-order valence-corrected chi connectivity index (χ4v) is 10.0. The van der Waals surface area contributed by atoms with Crippen LogP contribution in [0.5, 0.6) is 23.0 Å². The molecule has 2 amide bonds. The van der Waals surface area contributed by atoms with Crippen molar-refractivity contribution >= 4 is 23.2 Å². The van der Waals surface area contributed by atoms with Gasteiger partial charge in [0.1, 0.15) is 45.5 Å². The fourth-order valence-electron chi connectivity index (χ4n) is 10.0. The van der Waals surface area contributed by atoms with Crippen LogP contribution < -0.4 is 46.8 Å². The Bertz CT molecular complexity index is 3230. The van der Waals surface area contributed by atoms with Gasteiger partial charge in [-0.05, 0) is 92.3 Å². The highest BCUT2D eigenvalue weighted by Crippen LogP contribution is 2.46. The van der Waals surface area contributed by atoms with E-state index in [0.29, 0.717) is 90.8 Å². The zero-order valence-electron chi connectivity index (χ0n) is 39.8. The number of carbonyl (C=O) groups is 2. The number of nitrogens with zero attached hydrogens (tertiary/aromatic N) is 2. The van der Waals surface area contributed by atoms with Gasteiger partial charge in [0.2, 0.25) is 0 Å². The molecule has 4 aliphatic rings. The Morgan fingerprint density at radius 1 is 0.603 bits per heavy atom. The maximum absolute atomic E-state index is 14.5. The summed E-state index contributed by atoms with van der Waals surface area (Å²) in [5, 5.41) is 11.8. The van der Waals surface area contributed by atoms with Crippen molar-refractivity contribution < 1.29 is 45.4 Å². The molecular weight excluding hydrogens is 959 g/mol. The topological polar surface area (TPSA) is 173 Å². The van der Waals surface area contributed by atoms with Gasteiger partial charge >= 0.3 is 12.4 Å². The zero-order valence-corrected chi connectivity index (χ0v) is 39.8. The Morgan fingerprint density at radius 2 is 1.05 bits per heavy atom. The van der Waals surface area contributed by atoms with Crippen LogP contribution in [-0.4, -0.2) is 72.0 Å². The molecule has 73 heavy (non-hydrogen) atoms. The number of nitrogens with one attached hydrogen (secondary N) is 6. The summed E-state index contributed by atoms with van der Waals surface area (Å²) in [5.41, 5.74) is -0.716. The number of carbonyl (C=O) groups excluding carboxylic acids is 2. The summed E-state index contributed by atoms with van der Waals surface area (Å²) in [6, 6.07) is 21.7. The number of aryl methyl sites for hydroxylation is 3. The van der Waals surface area contributed by atoms with Crippen LogP contribution in [-0.2, 0) is 18.9 Å². The van der Waals surface area contributed by atoms with Gasteiger partial charge in [0, 0.05) is 74.1 Å². The highest BCUT2D eigenvalue weighted by molar-refractivity contribution is 5.96. The number of H-pyrrole nitrogens is 2. The first kappa shape index (κ1) is 49.0. The lowest BCUT2D eigenvalue weighted by Gasteiger charge is -2.34. The van der Waals surface area contributed by atoms with Gasteiger partial charge in [-0.25, -0.2) is 0 Å². The Morgan fingerprint density at radius 3 is 1.55 bits per heavy atom. The van der Waals surface area contributed by atoms with E-state index >= 15 is 0 Å². The van der Waals surface area contributed by atoms with Gasteiger partial charge in [0.15, 0.2) is 0 Å². The third-order valence-electron chi connectivity index (χ3n) is 13.7. The van der Waals surface area contributed by atoms with Crippen molar-refractivity contribution in [2.45, 2.75) is 70.6 Å². The van der Waals surface area contributed by atoms with Crippen LogP contribution in [0.25, 0.3) is 0 Å². The van der Waals surface area contributed by atoms with Crippen LogP contribution in [0.3, 0.4) is 0 Å². The van der Waals surface area contributed by atoms with Crippen molar-refractivity contribution in [2.75, 3.05) is 49.5 Å². The van der Waals surface area contributed by atoms with Crippen LogP contribution in [0.15, 0.2) is 94.5 Å². The quantitative estimate of drug-likeness (QED) is 0.0770. The molecule has 2 saturated heterocycles. The molecule has 6 N–H and O–H groups in total. The number of piperazine rings is 1. The fraction of sp³-hybridized carbons (Fsp3) is 0.321. The van der Waals surface area contributed by atoms with E-state index in [2.05, 4.69) is 26.2 Å². The average molecular weight is 1010 g/mol. The second-order valence-corrected chi connectivity index (χ2v) is 19.0. The molecule has 10 rings (SSSR count). The van der Waals surface area contributed by atoms with E-state index in [1.807, 2.05) is 73.2 Å². The van der Waals surface area contributed by atoms with Gasteiger partial charge < -0.3 is 45.6 Å². The Labute approximate surface area is 414 Å². The number of piperidine rings is 1. The number of rotatable bonds is 9. The lowest BCUT2D eigenvalue weighted by atomic mass is 9.92. The minimum atomic E-state index is -4.95. The SMILES string of the molecule is Cc1ccc2c(c1)Oc1cc(C)ccc1C2NC(=O)c1cc(NC2CCN(Cc3ccc4c(c3)Oc3cc(C)ccc3C4NC(=O)c3cc(N4CCNCC4)c(C(F)(F)F)[nH]c3=O)CC2)c(C(F)(F)F)[nH]c1=O. The van der Waals surface area contributed by atoms with E-state index in [0.717, 1.165) is 34.4 Å². The number of benzene rings is 4. The molecule has 0 bridgehead atoms. The first-order valence-corrected chi connectivity index (χ1v) is 23.8. The molecule has 1 unspecified atom stereocenters. The number of hydrogen-bond donors (Lipinski definition) is 6. The molecule has 6 aromatic rings. The molecule has 14 nitrogen and oxygen atoms in total. The third kappa shape index (κ3) is 10.0. The van der Waals surface area contributed by atoms with Crippen molar-refractivity contribution in [3.05, 3.63) is 173 Å². The van der Waals surface area contributed by atoms with Gasteiger partial charge in [-0.2, -0.15) is 26.3 Å². The molecule has 20 heteroatoms. The number of ether oxygens (including phenoxy) is 2. The predicted molar refractivity (Wildman–Crippen MR) is 260 cm³/mol. The lowest BCUT2D eigenvalue weighted by molar-refractivity contribution is -0.141. The maximum atomic E-state index is 14.5. The van der Waals surface area contributed by atoms with E-state index in [-0.39, 0.29) is 18.8 Å². The summed E-state index contributed by atoms with van der Waals surface area (Å²) in [6.07, 6.45) is -9.00. The van der Waals surface area contributed by atoms with Crippen molar-refractivity contribution in [1.82, 2.24) is 30.8 Å². The molecule has 6 heterocycles. The summed E-state index contributed by atoms with van der Waals surface area (Å²) < 4.78 is 98.6. The third-order valence-corrected chi connectivity index (χ3v) is 13.7. The van der Waals surface area contributed by atoms with E-state index in [1.165, 1.54) is 4.90 Å². The molecule has 4 aliphatic heterocycles. The van der Waals surface area contributed by atoms with Crippen LogP contribution in [0.1, 0.15) is 102 Å². The van der Waals surface area contributed by atoms with E-state index in [1.54, 1.807) is 30.3 Å². The number of aromatic amines is 2. The van der Waals surface area contributed by atoms with Gasteiger partial charge in [0.25, 0.3) is 22.9 Å². The van der Waals surface area contributed by atoms with Crippen molar-refractivity contribution in [1.29, 1.82) is 0 Å². The van der Waals surface area contributed by atoms with Crippen LogP contribution in [0, 0.1) is 20.8 Å². The molecule has 380 valence electrons. The highest BCUT2D eigenvalue weighted by atomic mass is 19.4. The van der Waals surface area contributed by atoms with Gasteiger partial charge in [-0.1, -0.05) is 48.5 Å². The van der Waals surface area contributed by atoms with Crippen LogP contribution in [0.4, 0.5) is 37.7 Å². The molecule has 2 fully saturated rings. The maximum Gasteiger partial charge on any atom is 0.433 e. The number of alkyl halides is 6. The van der Waals surface area contributed by atoms with Gasteiger partial charge in [-0.3, -0.25) is 24.1 Å². The number of fused-ring (bicyclic) bond motifs is 4. The number of likely N-dealkylation sites (tertiary alicyclic amines) is 1. The number of anilines is 2. The minimum Gasteiger partial charge on any atom is -0.457 e. The molecule has 4 aromatic carbocycles. The Kier molecular flexibility index (Phi) is 12.8. The lowest BCUT2D eigenvalue weighted by Crippen LogP contribution is -2.45. The molecule has 2 aromatic heterocycles. The number of amides is 2. The van der Waals surface area contributed by atoms with Crippen molar-refractivity contribution in [3.63, 3.8) is 0 Å². The van der Waals surface area contributed by atoms with Crippen LogP contribution >= 0.6 is 0 Å². The molecule has 0 spiro atoms. The highest BCUT2D eigenvalue weighted by Gasteiger charge is 2.40. The normalized spacial score (nSPS) is 17.1. The monoisotopic (exact) mass is 1010 g/mol. The molecule has 0 aliphatic carbocycles. The van der Waals surface area contributed by atoms with Gasteiger partial charge in [-0.15, -0.1) is 0 Å². The second kappa shape index (κ2) is 19.1. The zero-order chi connectivity index (χ0) is 51.5. The largest absolute Gasteiger partial charge is 0.457 e. The van der Waals surface area contributed by atoms with Crippen molar-refractivity contribution in [2.24, 2.45) is 0 Å². The van der Waals surface area contributed by atoms with Gasteiger partial charge in [0.05, 0.1) is 23.5 Å². The average Bonchev–Trinajstić information content (AvgIpc) is 3.34. The summed E-state index contributed by atoms with van der Waals surface area (Å²) in [6.45, 7) is 8.32. The van der Waals surface area contributed by atoms with Crippen molar-refractivity contribution in [3.8, 4) is 23.0 Å². The smallest absolute Gasteiger partial charge is 0.433 e. The molecule has 0 saturated carbocycles. The van der Waals surface area contributed by atoms with E-state index in [4.69, 9.17) is 9.47 Å². The Hall–Kier alpha value is -7.58. The first-order chi connectivity index (χ1) is 34.8. The summed E-state index contributed by atoms with van der Waals surface area (Å²) in [5.74, 6) is 0.125. The Balaban J connectivity index is 0.844. The first-order valence-electron chi connectivity index (χ1n) is 23.8. The van der Waals surface area contributed by atoms with E-state index < -0.39 is 81.6 Å². The molecule has 1 atom stereocenters. The molecule has 0 radical (unpaired) electrons. The number of pyridine rings is 2. The van der Waals surface area contributed by atoms with Crippen LogP contribution in [0.2, 0.25) is 0 Å². The summed E-state index contributed by atoms with van der Waals surface area (Å²) in [4.78, 5) is 61.8. The summed E-state index contributed by atoms with van der Waals surface area (Å²) >= 11 is 0. The minimum absolute atomic E-state index is 0.236.